The number of sulfonamides is 1. The summed E-state index contributed by atoms with van der Waals surface area (Å²) in [6.07, 6.45) is 1.54. The molecular weight excluding hydrogens is 370 g/mol. The summed E-state index contributed by atoms with van der Waals surface area (Å²) in [5.41, 5.74) is 6.40. The highest BCUT2D eigenvalue weighted by Crippen LogP contribution is 2.39. The van der Waals surface area contributed by atoms with Crippen LogP contribution in [-0.4, -0.2) is 30.2 Å². The SMILES string of the molecule is NC(=O)c1ccc(S(=O)(=O)N2CCC[C@H]2c2nc3ccccc3s2)cc1. The summed E-state index contributed by atoms with van der Waals surface area (Å²) < 4.78 is 28.8. The predicted octanol–water partition coefficient (Wildman–Crippen LogP) is 2.92. The van der Waals surface area contributed by atoms with Crippen molar-refractivity contribution >= 4 is 37.5 Å². The number of para-hydroxylation sites is 1. The topological polar surface area (TPSA) is 93.4 Å². The minimum atomic E-state index is -3.67. The first kappa shape index (κ1) is 17.1. The number of carbonyl (C=O) groups excluding carboxylic acids is 1. The van der Waals surface area contributed by atoms with Crippen molar-refractivity contribution in [3.8, 4) is 0 Å². The number of nitrogens with zero attached hydrogens (tertiary/aromatic N) is 2. The fourth-order valence-electron chi connectivity index (χ4n) is 3.23. The highest BCUT2D eigenvalue weighted by Gasteiger charge is 2.37. The second-order valence-corrected chi connectivity index (χ2v) is 9.14. The number of primary amides is 1. The summed E-state index contributed by atoms with van der Waals surface area (Å²) in [6.45, 7) is 0.459. The quantitative estimate of drug-likeness (QED) is 0.745. The third-order valence-electron chi connectivity index (χ3n) is 4.54. The lowest BCUT2D eigenvalue weighted by molar-refractivity contribution is 0.1000. The molecule has 2 heterocycles. The molecule has 1 saturated heterocycles. The Hall–Kier alpha value is -2.29. The molecular formula is C18H17N3O3S2. The Labute approximate surface area is 155 Å². The summed E-state index contributed by atoms with van der Waals surface area (Å²) >= 11 is 1.54. The van der Waals surface area contributed by atoms with Gasteiger partial charge in [-0.05, 0) is 49.2 Å². The molecule has 2 aromatic carbocycles. The van der Waals surface area contributed by atoms with Gasteiger partial charge in [0.1, 0.15) is 5.01 Å². The third-order valence-corrected chi connectivity index (χ3v) is 7.60. The van der Waals surface area contributed by atoms with E-state index in [1.807, 2.05) is 24.3 Å². The molecule has 1 fully saturated rings. The number of amides is 1. The van der Waals surface area contributed by atoms with Crippen LogP contribution in [0.4, 0.5) is 0 Å². The van der Waals surface area contributed by atoms with E-state index >= 15 is 0 Å². The van der Waals surface area contributed by atoms with Crippen LogP contribution in [0.1, 0.15) is 34.2 Å². The van der Waals surface area contributed by atoms with E-state index in [0.29, 0.717) is 6.54 Å². The first-order valence-corrected chi connectivity index (χ1v) is 10.5. The van der Waals surface area contributed by atoms with Crippen LogP contribution in [-0.2, 0) is 10.0 Å². The van der Waals surface area contributed by atoms with Gasteiger partial charge in [0.25, 0.3) is 0 Å². The van der Waals surface area contributed by atoms with E-state index in [1.165, 1.54) is 39.9 Å². The molecule has 8 heteroatoms. The summed E-state index contributed by atoms with van der Waals surface area (Å²) in [4.78, 5) is 16.0. The van der Waals surface area contributed by atoms with Crippen LogP contribution in [0, 0.1) is 0 Å². The molecule has 0 unspecified atom stereocenters. The Bertz CT molecular complexity index is 1040. The van der Waals surface area contributed by atoms with Gasteiger partial charge in [-0.25, -0.2) is 13.4 Å². The molecule has 1 aromatic heterocycles. The molecule has 4 rings (SSSR count). The van der Waals surface area contributed by atoms with Gasteiger partial charge in [0.2, 0.25) is 15.9 Å². The van der Waals surface area contributed by atoms with Gasteiger partial charge >= 0.3 is 0 Å². The Kier molecular flexibility index (Phi) is 4.26. The number of benzene rings is 2. The second-order valence-electron chi connectivity index (χ2n) is 6.18. The van der Waals surface area contributed by atoms with Gasteiger partial charge in [-0.3, -0.25) is 4.79 Å². The van der Waals surface area contributed by atoms with Crippen LogP contribution >= 0.6 is 11.3 Å². The van der Waals surface area contributed by atoms with Crippen molar-refractivity contribution in [1.29, 1.82) is 0 Å². The van der Waals surface area contributed by atoms with Crippen LogP contribution in [0.5, 0.6) is 0 Å². The van der Waals surface area contributed by atoms with Crippen molar-refractivity contribution in [2.45, 2.75) is 23.8 Å². The molecule has 1 aliphatic heterocycles. The number of aromatic nitrogens is 1. The smallest absolute Gasteiger partial charge is 0.248 e. The number of carbonyl (C=O) groups is 1. The van der Waals surface area contributed by atoms with Crippen molar-refractivity contribution in [2.75, 3.05) is 6.54 Å². The molecule has 134 valence electrons. The number of fused-ring (bicyclic) bond motifs is 1. The largest absolute Gasteiger partial charge is 0.366 e. The molecule has 3 aromatic rings. The van der Waals surface area contributed by atoms with Crippen LogP contribution in [0.25, 0.3) is 10.2 Å². The molecule has 1 atom stereocenters. The van der Waals surface area contributed by atoms with Gasteiger partial charge in [-0.15, -0.1) is 11.3 Å². The average Bonchev–Trinajstić information content (AvgIpc) is 3.28. The van der Waals surface area contributed by atoms with E-state index < -0.39 is 15.9 Å². The first-order valence-electron chi connectivity index (χ1n) is 8.24. The van der Waals surface area contributed by atoms with E-state index in [1.54, 1.807) is 0 Å². The van der Waals surface area contributed by atoms with Crippen molar-refractivity contribution in [3.05, 3.63) is 59.1 Å². The maximum atomic E-state index is 13.1. The molecule has 2 N–H and O–H groups in total. The molecule has 1 aliphatic rings. The molecule has 1 amide bonds. The normalized spacial score (nSPS) is 18.4. The average molecular weight is 387 g/mol. The van der Waals surface area contributed by atoms with Crippen LogP contribution in [0.3, 0.4) is 0 Å². The standard InChI is InChI=1S/C18H17N3O3S2/c19-17(22)12-7-9-13(10-8-12)26(23,24)21-11-3-5-15(21)18-20-14-4-1-2-6-16(14)25-18/h1-2,4,6-10,15H,3,5,11H2,(H2,19,22)/t15-/m0/s1. The van der Waals surface area contributed by atoms with Crippen molar-refractivity contribution < 1.29 is 13.2 Å². The summed E-state index contributed by atoms with van der Waals surface area (Å²) in [5.74, 6) is -0.581. The minimum absolute atomic E-state index is 0.163. The van der Waals surface area contributed by atoms with Crippen LogP contribution in [0.2, 0.25) is 0 Å². The zero-order valence-electron chi connectivity index (χ0n) is 13.8. The van der Waals surface area contributed by atoms with E-state index in [4.69, 9.17) is 5.73 Å². The van der Waals surface area contributed by atoms with Gasteiger partial charge < -0.3 is 5.73 Å². The number of rotatable bonds is 4. The van der Waals surface area contributed by atoms with Crippen molar-refractivity contribution in [3.63, 3.8) is 0 Å². The van der Waals surface area contributed by atoms with Crippen LogP contribution < -0.4 is 5.73 Å². The van der Waals surface area contributed by atoms with E-state index in [9.17, 15) is 13.2 Å². The zero-order valence-corrected chi connectivity index (χ0v) is 15.5. The van der Waals surface area contributed by atoms with Gasteiger partial charge in [0.05, 0.1) is 21.2 Å². The third kappa shape index (κ3) is 2.90. The molecule has 0 spiro atoms. The highest BCUT2D eigenvalue weighted by molar-refractivity contribution is 7.89. The van der Waals surface area contributed by atoms with Gasteiger partial charge in [0, 0.05) is 12.1 Å². The Balaban J connectivity index is 1.69. The number of hydrogen-bond donors (Lipinski definition) is 1. The van der Waals surface area contributed by atoms with E-state index in [0.717, 1.165) is 28.1 Å². The van der Waals surface area contributed by atoms with Crippen molar-refractivity contribution in [2.24, 2.45) is 5.73 Å². The number of nitrogens with two attached hydrogens (primary N) is 1. The lowest BCUT2D eigenvalue weighted by atomic mass is 10.2. The Morgan fingerprint density at radius 1 is 1.15 bits per heavy atom. The molecule has 6 nitrogen and oxygen atoms in total. The number of hydrogen-bond acceptors (Lipinski definition) is 5. The van der Waals surface area contributed by atoms with E-state index in [2.05, 4.69) is 4.98 Å². The molecule has 26 heavy (non-hydrogen) atoms. The molecule has 0 bridgehead atoms. The second kappa shape index (κ2) is 6.46. The predicted molar refractivity (Wildman–Crippen MR) is 100 cm³/mol. The van der Waals surface area contributed by atoms with Gasteiger partial charge in [0.15, 0.2) is 0 Å². The highest BCUT2D eigenvalue weighted by atomic mass is 32.2. The lowest BCUT2D eigenvalue weighted by Crippen LogP contribution is -2.30. The first-order chi connectivity index (χ1) is 12.5. The summed E-state index contributed by atoms with van der Waals surface area (Å²) in [7, 11) is -3.67. The Morgan fingerprint density at radius 3 is 2.58 bits per heavy atom. The summed E-state index contributed by atoms with van der Waals surface area (Å²) in [5, 5.41) is 0.820. The van der Waals surface area contributed by atoms with Crippen LogP contribution in [0.15, 0.2) is 53.4 Å². The molecule has 0 aliphatic carbocycles. The van der Waals surface area contributed by atoms with Gasteiger partial charge in [-0.2, -0.15) is 4.31 Å². The fourth-order valence-corrected chi connectivity index (χ4v) is 6.08. The lowest BCUT2D eigenvalue weighted by Gasteiger charge is -2.22. The van der Waals surface area contributed by atoms with Gasteiger partial charge in [-0.1, -0.05) is 12.1 Å². The maximum absolute atomic E-state index is 13.1. The Morgan fingerprint density at radius 2 is 1.88 bits per heavy atom. The molecule has 0 saturated carbocycles. The number of thiazole rings is 1. The zero-order chi connectivity index (χ0) is 18.3. The van der Waals surface area contributed by atoms with Crippen molar-refractivity contribution in [1.82, 2.24) is 9.29 Å². The summed E-state index contributed by atoms with van der Waals surface area (Å²) in [6, 6.07) is 13.3. The fraction of sp³-hybridized carbons (Fsp3) is 0.222. The maximum Gasteiger partial charge on any atom is 0.248 e. The molecule has 0 radical (unpaired) electrons. The monoisotopic (exact) mass is 387 g/mol. The minimum Gasteiger partial charge on any atom is -0.366 e. The van der Waals surface area contributed by atoms with E-state index in [-0.39, 0.29) is 16.5 Å².